The Kier molecular flexibility index (Phi) is 7.22. The van der Waals surface area contributed by atoms with E-state index in [0.717, 1.165) is 5.75 Å². The molecule has 0 aromatic rings. The molecule has 0 rings (SSSR count). The summed E-state index contributed by atoms with van der Waals surface area (Å²) in [6.45, 7) is 3.39. The molecular formula is C11H22N2O3S. The Labute approximate surface area is 107 Å². The highest BCUT2D eigenvalue weighted by atomic mass is 32.2. The van der Waals surface area contributed by atoms with Crippen LogP contribution in [0, 0.1) is 0 Å². The Morgan fingerprint density at radius 3 is 2.53 bits per heavy atom. The van der Waals surface area contributed by atoms with Gasteiger partial charge < -0.3 is 16.2 Å². The zero-order chi connectivity index (χ0) is 13.5. The summed E-state index contributed by atoms with van der Waals surface area (Å²) in [6.07, 6.45) is 3.56. The Bertz CT molecular complexity index is 273. The van der Waals surface area contributed by atoms with Crippen LogP contribution >= 0.6 is 11.8 Å². The van der Waals surface area contributed by atoms with Gasteiger partial charge in [-0.15, -0.1) is 0 Å². The van der Waals surface area contributed by atoms with Gasteiger partial charge in [0.1, 0.15) is 5.54 Å². The first-order chi connectivity index (χ1) is 7.87. The highest BCUT2D eigenvalue weighted by Crippen LogP contribution is 2.13. The number of rotatable bonds is 8. The van der Waals surface area contributed by atoms with Crippen molar-refractivity contribution in [3.8, 4) is 0 Å². The standard InChI is InChI=1S/C11H22N2O3S/c1-4-6-11(2,10(15)16)13-9(14)8(12)5-7-17-3/h8H,4-7,12H2,1-3H3,(H,13,14)(H,15,16)/t8-,11?/m1/s1. The van der Waals surface area contributed by atoms with Crippen LogP contribution in [0.25, 0.3) is 0 Å². The number of amides is 1. The molecular weight excluding hydrogens is 240 g/mol. The molecule has 6 heteroatoms. The molecule has 0 bridgehead atoms. The van der Waals surface area contributed by atoms with Crippen molar-refractivity contribution in [2.75, 3.05) is 12.0 Å². The summed E-state index contributed by atoms with van der Waals surface area (Å²) in [6, 6.07) is -0.641. The third-order valence-corrected chi connectivity index (χ3v) is 3.23. The van der Waals surface area contributed by atoms with E-state index in [1.54, 1.807) is 11.8 Å². The number of aliphatic carboxylic acids is 1. The van der Waals surface area contributed by atoms with Gasteiger partial charge in [0.05, 0.1) is 6.04 Å². The topological polar surface area (TPSA) is 92.4 Å². The van der Waals surface area contributed by atoms with E-state index in [4.69, 9.17) is 10.8 Å². The first-order valence-corrected chi connectivity index (χ1v) is 7.06. The monoisotopic (exact) mass is 262 g/mol. The second kappa shape index (κ2) is 7.55. The minimum Gasteiger partial charge on any atom is -0.480 e. The van der Waals surface area contributed by atoms with Crippen LogP contribution in [0.2, 0.25) is 0 Å². The third-order valence-electron chi connectivity index (χ3n) is 2.59. The summed E-state index contributed by atoms with van der Waals surface area (Å²) in [5.74, 6) is -0.631. The van der Waals surface area contributed by atoms with Crippen molar-refractivity contribution in [3.63, 3.8) is 0 Å². The predicted octanol–water partition coefficient (Wildman–Crippen LogP) is 0.826. The van der Waals surface area contributed by atoms with Crippen molar-refractivity contribution < 1.29 is 14.7 Å². The molecule has 4 N–H and O–H groups in total. The van der Waals surface area contributed by atoms with Gasteiger partial charge in [-0.25, -0.2) is 4.79 Å². The number of nitrogens with two attached hydrogens (primary N) is 1. The molecule has 0 spiro atoms. The Morgan fingerprint density at radius 2 is 2.12 bits per heavy atom. The van der Waals surface area contributed by atoms with Crippen LogP contribution in [0.1, 0.15) is 33.1 Å². The van der Waals surface area contributed by atoms with Crippen LogP contribution < -0.4 is 11.1 Å². The fourth-order valence-corrected chi connectivity index (χ4v) is 1.95. The summed E-state index contributed by atoms with van der Waals surface area (Å²) < 4.78 is 0. The molecule has 5 nitrogen and oxygen atoms in total. The minimum atomic E-state index is -1.22. The van der Waals surface area contributed by atoms with E-state index in [-0.39, 0.29) is 0 Å². The quantitative estimate of drug-likeness (QED) is 0.602. The van der Waals surface area contributed by atoms with Crippen LogP contribution in [0.5, 0.6) is 0 Å². The van der Waals surface area contributed by atoms with Crippen molar-refractivity contribution in [2.45, 2.75) is 44.7 Å². The summed E-state index contributed by atoms with van der Waals surface area (Å²) in [5, 5.41) is 11.6. The molecule has 1 unspecified atom stereocenters. The third kappa shape index (κ3) is 5.41. The second-order valence-corrected chi connectivity index (χ2v) is 5.25. The first-order valence-electron chi connectivity index (χ1n) is 5.67. The molecule has 17 heavy (non-hydrogen) atoms. The molecule has 100 valence electrons. The number of carboxylic acid groups (broad SMARTS) is 1. The molecule has 0 fully saturated rings. The highest BCUT2D eigenvalue weighted by molar-refractivity contribution is 7.98. The Balaban J connectivity index is 4.45. The molecule has 0 saturated carbocycles. The molecule has 2 atom stereocenters. The molecule has 0 heterocycles. The van der Waals surface area contributed by atoms with Gasteiger partial charge in [-0.1, -0.05) is 13.3 Å². The molecule has 0 aromatic carbocycles. The van der Waals surface area contributed by atoms with Crippen molar-refractivity contribution in [2.24, 2.45) is 5.73 Å². The van der Waals surface area contributed by atoms with E-state index in [1.807, 2.05) is 13.2 Å². The zero-order valence-corrected chi connectivity index (χ0v) is 11.5. The normalized spacial score (nSPS) is 16.0. The molecule has 0 aromatic heterocycles. The molecule has 0 aliphatic carbocycles. The molecule has 0 aliphatic heterocycles. The molecule has 0 saturated heterocycles. The van der Waals surface area contributed by atoms with Gasteiger partial charge in [0.2, 0.25) is 5.91 Å². The lowest BCUT2D eigenvalue weighted by Gasteiger charge is -2.27. The van der Waals surface area contributed by atoms with Crippen LogP contribution in [0.3, 0.4) is 0 Å². The van der Waals surface area contributed by atoms with E-state index >= 15 is 0 Å². The van der Waals surface area contributed by atoms with Crippen molar-refractivity contribution in [1.82, 2.24) is 5.32 Å². The maximum atomic E-state index is 11.7. The molecule has 0 aliphatic rings. The van der Waals surface area contributed by atoms with Crippen molar-refractivity contribution in [3.05, 3.63) is 0 Å². The highest BCUT2D eigenvalue weighted by Gasteiger charge is 2.34. The van der Waals surface area contributed by atoms with Crippen molar-refractivity contribution in [1.29, 1.82) is 0 Å². The maximum Gasteiger partial charge on any atom is 0.329 e. The summed E-state index contributed by atoms with van der Waals surface area (Å²) in [7, 11) is 0. The van der Waals surface area contributed by atoms with E-state index in [0.29, 0.717) is 19.3 Å². The fraction of sp³-hybridized carbons (Fsp3) is 0.818. The van der Waals surface area contributed by atoms with Crippen LogP contribution in [0.4, 0.5) is 0 Å². The lowest BCUT2D eigenvalue weighted by atomic mass is 9.95. The lowest BCUT2D eigenvalue weighted by Crippen LogP contribution is -2.56. The van der Waals surface area contributed by atoms with E-state index in [9.17, 15) is 9.59 Å². The van der Waals surface area contributed by atoms with E-state index in [2.05, 4.69) is 5.32 Å². The number of hydrogen-bond donors (Lipinski definition) is 3. The predicted molar refractivity (Wildman–Crippen MR) is 70.1 cm³/mol. The maximum absolute atomic E-state index is 11.7. The van der Waals surface area contributed by atoms with Crippen LogP contribution in [-0.2, 0) is 9.59 Å². The van der Waals surface area contributed by atoms with Crippen molar-refractivity contribution >= 4 is 23.6 Å². The van der Waals surface area contributed by atoms with Gasteiger partial charge in [-0.2, -0.15) is 11.8 Å². The second-order valence-electron chi connectivity index (χ2n) is 4.26. The van der Waals surface area contributed by atoms with Gasteiger partial charge in [0, 0.05) is 0 Å². The zero-order valence-electron chi connectivity index (χ0n) is 10.7. The van der Waals surface area contributed by atoms with E-state index < -0.39 is 23.5 Å². The molecule has 1 amide bonds. The summed E-state index contributed by atoms with van der Waals surface area (Å²) in [5.41, 5.74) is 4.47. The number of hydrogen-bond acceptors (Lipinski definition) is 4. The first kappa shape index (κ1) is 16.2. The minimum absolute atomic E-state index is 0.391. The summed E-state index contributed by atoms with van der Waals surface area (Å²) >= 11 is 1.61. The number of thioether (sulfide) groups is 1. The largest absolute Gasteiger partial charge is 0.480 e. The average molecular weight is 262 g/mol. The Hall–Kier alpha value is -0.750. The number of carboxylic acids is 1. The van der Waals surface area contributed by atoms with Gasteiger partial charge in [0.25, 0.3) is 0 Å². The fourth-order valence-electron chi connectivity index (χ4n) is 1.46. The number of carbonyl (C=O) groups excluding carboxylic acids is 1. The van der Waals surface area contributed by atoms with Gasteiger partial charge in [-0.3, -0.25) is 4.79 Å². The lowest BCUT2D eigenvalue weighted by molar-refractivity contribution is -0.147. The summed E-state index contributed by atoms with van der Waals surface area (Å²) in [4.78, 5) is 22.9. The van der Waals surface area contributed by atoms with E-state index in [1.165, 1.54) is 6.92 Å². The van der Waals surface area contributed by atoms with Crippen LogP contribution in [-0.4, -0.2) is 40.6 Å². The molecule has 0 radical (unpaired) electrons. The van der Waals surface area contributed by atoms with Gasteiger partial charge in [0.15, 0.2) is 0 Å². The average Bonchev–Trinajstić information content (AvgIpc) is 2.25. The van der Waals surface area contributed by atoms with Crippen LogP contribution in [0.15, 0.2) is 0 Å². The SMILES string of the molecule is CCCC(C)(NC(=O)[C@H](N)CCSC)C(=O)O. The smallest absolute Gasteiger partial charge is 0.329 e. The number of carbonyl (C=O) groups is 2. The van der Waals surface area contributed by atoms with Gasteiger partial charge >= 0.3 is 5.97 Å². The Morgan fingerprint density at radius 1 is 1.53 bits per heavy atom. The number of nitrogens with one attached hydrogen (secondary N) is 1. The van der Waals surface area contributed by atoms with Gasteiger partial charge in [-0.05, 0) is 31.8 Å².